The molecule has 0 saturated heterocycles. The molecule has 0 radical (unpaired) electrons. The standard InChI is InChI=1S/C14H17N3O2/c1-9-5-10(2)13(11(3)6-9)12(18)7-17-14(19)16(4)8-15-17/h5-6,8H,7H2,1-4H3. The summed E-state index contributed by atoms with van der Waals surface area (Å²) < 4.78 is 2.53. The van der Waals surface area contributed by atoms with Crippen molar-refractivity contribution in [2.45, 2.75) is 27.3 Å². The van der Waals surface area contributed by atoms with Gasteiger partial charge < -0.3 is 0 Å². The summed E-state index contributed by atoms with van der Waals surface area (Å²) in [7, 11) is 1.61. The van der Waals surface area contributed by atoms with Crippen LogP contribution in [-0.4, -0.2) is 20.1 Å². The van der Waals surface area contributed by atoms with E-state index >= 15 is 0 Å². The number of hydrogen-bond acceptors (Lipinski definition) is 3. The third-order valence-corrected chi connectivity index (χ3v) is 3.14. The van der Waals surface area contributed by atoms with E-state index in [9.17, 15) is 9.59 Å². The van der Waals surface area contributed by atoms with E-state index < -0.39 is 0 Å². The third kappa shape index (κ3) is 2.50. The van der Waals surface area contributed by atoms with Gasteiger partial charge in [0.1, 0.15) is 12.9 Å². The van der Waals surface area contributed by atoms with Crippen molar-refractivity contribution in [2.24, 2.45) is 7.05 Å². The van der Waals surface area contributed by atoms with Crippen molar-refractivity contribution < 1.29 is 4.79 Å². The van der Waals surface area contributed by atoms with Crippen LogP contribution in [0.4, 0.5) is 0 Å². The summed E-state index contributed by atoms with van der Waals surface area (Å²) in [5.41, 5.74) is 3.40. The highest BCUT2D eigenvalue weighted by molar-refractivity contribution is 5.98. The first-order chi connectivity index (χ1) is 8.90. The molecule has 1 aromatic carbocycles. The van der Waals surface area contributed by atoms with Gasteiger partial charge in [-0.3, -0.25) is 9.36 Å². The third-order valence-electron chi connectivity index (χ3n) is 3.14. The van der Waals surface area contributed by atoms with E-state index in [1.165, 1.54) is 15.6 Å². The highest BCUT2D eigenvalue weighted by Gasteiger charge is 2.15. The van der Waals surface area contributed by atoms with Gasteiger partial charge in [0.25, 0.3) is 0 Å². The molecule has 0 aliphatic carbocycles. The van der Waals surface area contributed by atoms with Gasteiger partial charge >= 0.3 is 5.69 Å². The minimum Gasteiger partial charge on any atom is -0.292 e. The highest BCUT2D eigenvalue weighted by atomic mass is 16.2. The minimum absolute atomic E-state index is 0.0234. The number of rotatable bonds is 3. The Hall–Kier alpha value is -2.17. The molecule has 100 valence electrons. The molecule has 0 atom stereocenters. The number of hydrogen-bond donors (Lipinski definition) is 0. The topological polar surface area (TPSA) is 56.9 Å². The molecule has 0 aliphatic rings. The fourth-order valence-electron chi connectivity index (χ4n) is 2.36. The predicted molar refractivity (Wildman–Crippen MR) is 72.5 cm³/mol. The average molecular weight is 259 g/mol. The van der Waals surface area contributed by atoms with Gasteiger partial charge in [-0.15, -0.1) is 0 Å². The molecule has 0 saturated carbocycles. The number of Topliss-reactive ketones (excluding diaryl/α,β-unsaturated/α-hetero) is 1. The summed E-state index contributed by atoms with van der Waals surface area (Å²) in [4.78, 5) is 24.0. The summed E-state index contributed by atoms with van der Waals surface area (Å²) in [6.07, 6.45) is 1.41. The predicted octanol–water partition coefficient (Wildman–Crippen LogP) is 1.39. The van der Waals surface area contributed by atoms with Crippen LogP contribution in [0, 0.1) is 20.8 Å². The summed E-state index contributed by atoms with van der Waals surface area (Å²) in [6, 6.07) is 3.95. The van der Waals surface area contributed by atoms with Gasteiger partial charge in [0.15, 0.2) is 5.78 Å². The molecule has 2 rings (SSSR count). The average Bonchev–Trinajstić information content (AvgIpc) is 2.59. The Labute approximate surface area is 111 Å². The van der Waals surface area contributed by atoms with Crippen LogP contribution in [0.2, 0.25) is 0 Å². The summed E-state index contributed by atoms with van der Waals surface area (Å²) >= 11 is 0. The monoisotopic (exact) mass is 259 g/mol. The number of benzene rings is 1. The molecule has 0 fully saturated rings. The maximum atomic E-state index is 12.3. The quantitative estimate of drug-likeness (QED) is 0.783. The molecule has 1 aromatic heterocycles. The Balaban J connectivity index is 2.36. The molecule has 0 spiro atoms. The fraction of sp³-hybridized carbons (Fsp3) is 0.357. The molecule has 5 nitrogen and oxygen atoms in total. The lowest BCUT2D eigenvalue weighted by Gasteiger charge is -2.09. The summed E-state index contributed by atoms with van der Waals surface area (Å²) in [5.74, 6) is -0.0872. The molecule has 2 aromatic rings. The zero-order valence-electron chi connectivity index (χ0n) is 11.6. The van der Waals surface area contributed by atoms with E-state index in [1.807, 2.05) is 32.9 Å². The van der Waals surface area contributed by atoms with E-state index in [-0.39, 0.29) is 18.0 Å². The smallest absolute Gasteiger partial charge is 0.292 e. The van der Waals surface area contributed by atoms with Crippen molar-refractivity contribution in [2.75, 3.05) is 0 Å². The Morgan fingerprint density at radius 3 is 2.26 bits per heavy atom. The van der Waals surface area contributed by atoms with Gasteiger partial charge in [-0.25, -0.2) is 9.48 Å². The second-order valence-electron chi connectivity index (χ2n) is 4.88. The molecule has 1 heterocycles. The maximum Gasteiger partial charge on any atom is 0.345 e. The van der Waals surface area contributed by atoms with Crippen molar-refractivity contribution in [3.63, 3.8) is 0 Å². The number of ketones is 1. The van der Waals surface area contributed by atoms with Gasteiger partial charge in [0.05, 0.1) is 0 Å². The second-order valence-corrected chi connectivity index (χ2v) is 4.88. The number of nitrogens with zero attached hydrogens (tertiary/aromatic N) is 3. The van der Waals surface area contributed by atoms with Crippen molar-refractivity contribution in [3.8, 4) is 0 Å². The normalized spacial score (nSPS) is 10.7. The SMILES string of the molecule is Cc1cc(C)c(C(=O)Cn2ncn(C)c2=O)c(C)c1. The maximum absolute atomic E-state index is 12.3. The first-order valence-electron chi connectivity index (χ1n) is 6.09. The van der Waals surface area contributed by atoms with Crippen LogP contribution >= 0.6 is 0 Å². The molecule has 19 heavy (non-hydrogen) atoms. The Kier molecular flexibility index (Phi) is 3.38. The minimum atomic E-state index is -0.282. The second kappa shape index (κ2) is 4.84. The van der Waals surface area contributed by atoms with Crippen LogP contribution in [0.5, 0.6) is 0 Å². The number of carbonyl (C=O) groups is 1. The van der Waals surface area contributed by atoms with E-state index in [4.69, 9.17) is 0 Å². The van der Waals surface area contributed by atoms with Crippen molar-refractivity contribution in [1.82, 2.24) is 14.3 Å². The van der Waals surface area contributed by atoms with Crippen LogP contribution < -0.4 is 5.69 Å². The Morgan fingerprint density at radius 2 is 1.79 bits per heavy atom. The molecule has 0 N–H and O–H groups in total. The van der Waals surface area contributed by atoms with Crippen LogP contribution in [0.15, 0.2) is 23.3 Å². The fourth-order valence-corrected chi connectivity index (χ4v) is 2.36. The van der Waals surface area contributed by atoms with E-state index in [0.29, 0.717) is 5.56 Å². The van der Waals surface area contributed by atoms with Gasteiger partial charge in [0, 0.05) is 12.6 Å². The number of aromatic nitrogens is 3. The van der Waals surface area contributed by atoms with E-state index in [1.54, 1.807) is 7.05 Å². The van der Waals surface area contributed by atoms with Gasteiger partial charge in [-0.2, -0.15) is 5.10 Å². The summed E-state index contributed by atoms with van der Waals surface area (Å²) in [5, 5.41) is 3.90. The lowest BCUT2D eigenvalue weighted by molar-refractivity contribution is 0.0965. The van der Waals surface area contributed by atoms with Crippen LogP contribution in [-0.2, 0) is 13.6 Å². The Morgan fingerprint density at radius 1 is 1.21 bits per heavy atom. The van der Waals surface area contributed by atoms with Crippen molar-refractivity contribution in [3.05, 3.63) is 51.2 Å². The zero-order chi connectivity index (χ0) is 14.2. The first-order valence-corrected chi connectivity index (χ1v) is 6.09. The first kappa shape index (κ1) is 13.3. The van der Waals surface area contributed by atoms with Gasteiger partial charge in [-0.05, 0) is 31.9 Å². The van der Waals surface area contributed by atoms with E-state index in [0.717, 1.165) is 16.7 Å². The lowest BCUT2D eigenvalue weighted by Crippen LogP contribution is -2.27. The van der Waals surface area contributed by atoms with Crippen molar-refractivity contribution in [1.29, 1.82) is 0 Å². The molecule has 0 aliphatic heterocycles. The lowest BCUT2D eigenvalue weighted by atomic mass is 9.96. The van der Waals surface area contributed by atoms with Crippen LogP contribution in [0.3, 0.4) is 0 Å². The largest absolute Gasteiger partial charge is 0.345 e. The van der Waals surface area contributed by atoms with Gasteiger partial charge in [0.2, 0.25) is 0 Å². The Bertz CT molecular complexity index is 672. The zero-order valence-corrected chi connectivity index (χ0v) is 11.6. The number of carbonyl (C=O) groups excluding carboxylic acids is 1. The van der Waals surface area contributed by atoms with E-state index in [2.05, 4.69) is 5.10 Å². The van der Waals surface area contributed by atoms with Gasteiger partial charge in [-0.1, -0.05) is 17.7 Å². The highest BCUT2D eigenvalue weighted by Crippen LogP contribution is 2.17. The molecule has 0 amide bonds. The number of aryl methyl sites for hydroxylation is 4. The summed E-state index contributed by atoms with van der Waals surface area (Å²) in [6.45, 7) is 5.80. The van der Waals surface area contributed by atoms with Crippen molar-refractivity contribution >= 4 is 5.78 Å². The molecular formula is C14H17N3O2. The van der Waals surface area contributed by atoms with Crippen LogP contribution in [0.1, 0.15) is 27.0 Å². The van der Waals surface area contributed by atoms with Crippen LogP contribution in [0.25, 0.3) is 0 Å². The molecule has 5 heteroatoms. The molecule has 0 unspecified atom stereocenters. The molecular weight excluding hydrogens is 242 g/mol. The molecule has 0 bridgehead atoms.